The van der Waals surface area contributed by atoms with Gasteiger partial charge in [-0.3, -0.25) is 9.69 Å². The van der Waals surface area contributed by atoms with Crippen LogP contribution in [0.15, 0.2) is 24.3 Å². The lowest BCUT2D eigenvalue weighted by Crippen LogP contribution is -2.69. The van der Waals surface area contributed by atoms with Gasteiger partial charge in [-0.25, -0.2) is 0 Å². The molecule has 2 aliphatic rings. The maximum Gasteiger partial charge on any atom is 0.257 e. The van der Waals surface area contributed by atoms with E-state index in [9.17, 15) is 4.79 Å². The number of hydrogen-bond acceptors (Lipinski definition) is 4. The molecule has 5 heteroatoms. The zero-order valence-electron chi connectivity index (χ0n) is 14.6. The van der Waals surface area contributed by atoms with E-state index < -0.39 is 0 Å². The van der Waals surface area contributed by atoms with E-state index in [4.69, 9.17) is 4.74 Å². The lowest BCUT2D eigenvalue weighted by molar-refractivity contribution is -0.0518. The highest BCUT2D eigenvalue weighted by molar-refractivity contribution is 5.97. The molecule has 2 aliphatic heterocycles. The standard InChI is InChI=1S/C18H27N3O2/c1-18(2)13-19(3)11-14-12-20(9-10-21(14)18)17(22)15-7-5-6-8-16(15)23-4/h5-8,14H,9-13H2,1-4H3. The van der Waals surface area contributed by atoms with Gasteiger partial charge in [0.25, 0.3) is 5.91 Å². The molecule has 1 aromatic carbocycles. The summed E-state index contributed by atoms with van der Waals surface area (Å²) in [5.74, 6) is 0.731. The maximum atomic E-state index is 12.9. The summed E-state index contributed by atoms with van der Waals surface area (Å²) in [5, 5.41) is 0. The van der Waals surface area contributed by atoms with E-state index in [1.54, 1.807) is 7.11 Å². The first kappa shape index (κ1) is 16.3. The van der Waals surface area contributed by atoms with Crippen LogP contribution >= 0.6 is 0 Å². The monoisotopic (exact) mass is 317 g/mol. The fourth-order valence-electron chi connectivity index (χ4n) is 4.16. The van der Waals surface area contributed by atoms with E-state index in [-0.39, 0.29) is 11.4 Å². The SMILES string of the molecule is COc1ccccc1C(=O)N1CCN2C(CN(C)CC2(C)C)C1. The molecule has 2 saturated heterocycles. The van der Waals surface area contributed by atoms with Crippen molar-refractivity contribution in [1.29, 1.82) is 0 Å². The third-order valence-electron chi connectivity index (χ3n) is 5.06. The number of piperazine rings is 2. The Morgan fingerprint density at radius 1 is 1.22 bits per heavy atom. The molecule has 1 aromatic rings. The van der Waals surface area contributed by atoms with Crippen molar-refractivity contribution in [2.45, 2.75) is 25.4 Å². The minimum absolute atomic E-state index is 0.0770. The van der Waals surface area contributed by atoms with E-state index in [2.05, 4.69) is 30.7 Å². The number of fused-ring (bicyclic) bond motifs is 1. The van der Waals surface area contributed by atoms with Crippen LogP contribution in [-0.2, 0) is 0 Å². The van der Waals surface area contributed by atoms with Crippen LogP contribution in [0.3, 0.4) is 0 Å². The highest BCUT2D eigenvalue weighted by Crippen LogP contribution is 2.28. The second kappa shape index (κ2) is 6.13. The summed E-state index contributed by atoms with van der Waals surface area (Å²) in [6.45, 7) is 9.18. The largest absolute Gasteiger partial charge is 0.496 e. The number of likely N-dealkylation sites (N-methyl/N-ethyl adjacent to an activating group) is 1. The van der Waals surface area contributed by atoms with Crippen LogP contribution in [0.25, 0.3) is 0 Å². The van der Waals surface area contributed by atoms with Gasteiger partial charge in [0.15, 0.2) is 0 Å². The van der Waals surface area contributed by atoms with Gasteiger partial charge in [-0.15, -0.1) is 0 Å². The molecule has 23 heavy (non-hydrogen) atoms. The highest BCUT2D eigenvalue weighted by atomic mass is 16.5. The molecule has 1 unspecified atom stereocenters. The van der Waals surface area contributed by atoms with Gasteiger partial charge in [0.05, 0.1) is 12.7 Å². The first-order valence-electron chi connectivity index (χ1n) is 8.30. The van der Waals surface area contributed by atoms with Crippen molar-refractivity contribution in [1.82, 2.24) is 14.7 Å². The van der Waals surface area contributed by atoms with Crippen molar-refractivity contribution >= 4 is 5.91 Å². The van der Waals surface area contributed by atoms with E-state index in [0.29, 0.717) is 17.4 Å². The number of methoxy groups -OCH3 is 1. The number of para-hydroxylation sites is 1. The Morgan fingerprint density at radius 3 is 2.70 bits per heavy atom. The third-order valence-corrected chi connectivity index (χ3v) is 5.06. The zero-order chi connectivity index (χ0) is 16.6. The molecule has 126 valence electrons. The quantitative estimate of drug-likeness (QED) is 0.829. The molecular formula is C18H27N3O2. The lowest BCUT2D eigenvalue weighted by Gasteiger charge is -2.55. The van der Waals surface area contributed by atoms with Gasteiger partial charge in [-0.2, -0.15) is 0 Å². The van der Waals surface area contributed by atoms with Crippen LogP contribution in [0, 0.1) is 0 Å². The fourth-order valence-corrected chi connectivity index (χ4v) is 4.16. The van der Waals surface area contributed by atoms with Gasteiger partial charge in [0, 0.05) is 44.3 Å². The molecule has 0 spiro atoms. The van der Waals surface area contributed by atoms with Crippen LogP contribution in [0.4, 0.5) is 0 Å². The molecule has 0 aliphatic carbocycles. The predicted octanol–water partition coefficient (Wildman–Crippen LogP) is 1.55. The Morgan fingerprint density at radius 2 is 1.96 bits per heavy atom. The summed E-state index contributed by atoms with van der Waals surface area (Å²) in [4.78, 5) is 19.8. The van der Waals surface area contributed by atoms with E-state index in [0.717, 1.165) is 32.7 Å². The topological polar surface area (TPSA) is 36.0 Å². The molecule has 0 saturated carbocycles. The smallest absolute Gasteiger partial charge is 0.257 e. The Kier molecular flexibility index (Phi) is 4.34. The third kappa shape index (κ3) is 3.08. The second-order valence-electron chi connectivity index (χ2n) is 7.31. The summed E-state index contributed by atoms with van der Waals surface area (Å²) >= 11 is 0. The number of nitrogens with zero attached hydrogens (tertiary/aromatic N) is 3. The lowest BCUT2D eigenvalue weighted by atomic mass is 9.93. The molecule has 0 N–H and O–H groups in total. The molecule has 1 atom stereocenters. The first-order chi connectivity index (χ1) is 10.9. The van der Waals surface area contributed by atoms with Gasteiger partial charge in [0.2, 0.25) is 0 Å². The summed E-state index contributed by atoms with van der Waals surface area (Å²) < 4.78 is 5.35. The first-order valence-corrected chi connectivity index (χ1v) is 8.30. The molecule has 2 fully saturated rings. The number of carbonyl (C=O) groups is 1. The molecule has 3 rings (SSSR count). The van der Waals surface area contributed by atoms with Crippen molar-refractivity contribution in [2.24, 2.45) is 0 Å². The van der Waals surface area contributed by atoms with Gasteiger partial charge >= 0.3 is 0 Å². The minimum Gasteiger partial charge on any atom is -0.496 e. The zero-order valence-corrected chi connectivity index (χ0v) is 14.6. The summed E-state index contributed by atoms with van der Waals surface area (Å²) in [7, 11) is 3.78. The number of amides is 1. The summed E-state index contributed by atoms with van der Waals surface area (Å²) in [6.07, 6.45) is 0. The Balaban J connectivity index is 1.77. The van der Waals surface area contributed by atoms with Crippen molar-refractivity contribution in [2.75, 3.05) is 46.9 Å². The second-order valence-corrected chi connectivity index (χ2v) is 7.31. The number of rotatable bonds is 2. The van der Waals surface area contributed by atoms with E-state index in [1.807, 2.05) is 29.2 Å². The molecular weight excluding hydrogens is 290 g/mol. The van der Waals surface area contributed by atoms with Crippen LogP contribution in [0.2, 0.25) is 0 Å². The average molecular weight is 317 g/mol. The average Bonchev–Trinajstić information content (AvgIpc) is 2.52. The minimum atomic E-state index is 0.0770. The van der Waals surface area contributed by atoms with Crippen LogP contribution in [0.5, 0.6) is 5.75 Å². The van der Waals surface area contributed by atoms with E-state index in [1.165, 1.54) is 0 Å². The van der Waals surface area contributed by atoms with E-state index >= 15 is 0 Å². The van der Waals surface area contributed by atoms with Crippen molar-refractivity contribution in [3.63, 3.8) is 0 Å². The predicted molar refractivity (Wildman–Crippen MR) is 91.0 cm³/mol. The van der Waals surface area contributed by atoms with Gasteiger partial charge in [0.1, 0.15) is 5.75 Å². The Hall–Kier alpha value is -1.59. The summed E-state index contributed by atoms with van der Waals surface area (Å²) in [6, 6.07) is 7.89. The Bertz CT molecular complexity index is 587. The number of ether oxygens (including phenoxy) is 1. The molecule has 5 nitrogen and oxygen atoms in total. The number of benzene rings is 1. The molecule has 0 radical (unpaired) electrons. The van der Waals surface area contributed by atoms with Crippen molar-refractivity contribution in [3.8, 4) is 5.75 Å². The van der Waals surface area contributed by atoms with Crippen LogP contribution in [-0.4, -0.2) is 79.1 Å². The summed E-state index contributed by atoms with van der Waals surface area (Å²) in [5.41, 5.74) is 0.823. The number of hydrogen-bond donors (Lipinski definition) is 0. The van der Waals surface area contributed by atoms with Crippen LogP contribution < -0.4 is 4.74 Å². The highest BCUT2D eigenvalue weighted by Gasteiger charge is 2.42. The van der Waals surface area contributed by atoms with Crippen LogP contribution in [0.1, 0.15) is 24.2 Å². The molecule has 0 bridgehead atoms. The molecule has 2 heterocycles. The van der Waals surface area contributed by atoms with Gasteiger partial charge in [-0.1, -0.05) is 12.1 Å². The normalized spacial score (nSPS) is 25.0. The Labute approximate surface area is 138 Å². The molecule has 0 aromatic heterocycles. The van der Waals surface area contributed by atoms with Crippen molar-refractivity contribution < 1.29 is 9.53 Å². The van der Waals surface area contributed by atoms with Crippen molar-refractivity contribution in [3.05, 3.63) is 29.8 Å². The maximum absolute atomic E-state index is 12.9. The number of carbonyl (C=O) groups excluding carboxylic acids is 1. The van der Waals surface area contributed by atoms with Gasteiger partial charge < -0.3 is 14.5 Å². The fraction of sp³-hybridized carbons (Fsp3) is 0.611. The van der Waals surface area contributed by atoms with Gasteiger partial charge in [-0.05, 0) is 33.0 Å². The molecule has 1 amide bonds.